The van der Waals surface area contributed by atoms with E-state index in [0.29, 0.717) is 22.5 Å². The highest BCUT2D eigenvalue weighted by Crippen LogP contribution is 2.37. The molecule has 2 N–H and O–H groups in total. The van der Waals surface area contributed by atoms with E-state index in [9.17, 15) is 9.59 Å². The number of carboxylic acid groups (broad SMARTS) is 1. The maximum Gasteiger partial charge on any atom is 0.405 e. The highest BCUT2D eigenvalue weighted by molar-refractivity contribution is 6.35. The molecule has 1 aliphatic rings. The molecule has 3 rings (SSSR count). The number of fused-ring (bicyclic) bond motifs is 1. The molecule has 116 valence electrons. The van der Waals surface area contributed by atoms with Crippen molar-refractivity contribution in [2.45, 2.75) is 38.3 Å². The van der Waals surface area contributed by atoms with E-state index in [1.807, 2.05) is 19.1 Å². The van der Waals surface area contributed by atoms with Crippen LogP contribution in [0.15, 0.2) is 29.1 Å². The Balaban J connectivity index is 2.26. The van der Waals surface area contributed by atoms with Crippen LogP contribution in [-0.2, 0) is 0 Å². The third-order valence-corrected chi connectivity index (χ3v) is 4.35. The van der Waals surface area contributed by atoms with E-state index in [1.165, 1.54) is 0 Å². The van der Waals surface area contributed by atoms with Crippen LogP contribution >= 0.6 is 11.6 Å². The predicted octanol–water partition coefficient (Wildman–Crippen LogP) is 3.71. The molecule has 5 nitrogen and oxygen atoms in total. The highest BCUT2D eigenvalue weighted by Gasteiger charge is 2.30. The first-order valence-corrected chi connectivity index (χ1v) is 7.73. The lowest BCUT2D eigenvalue weighted by Crippen LogP contribution is -2.32. The minimum Gasteiger partial charge on any atom is -0.465 e. The van der Waals surface area contributed by atoms with Gasteiger partial charge in [-0.25, -0.2) is 4.79 Å². The largest absolute Gasteiger partial charge is 0.465 e. The Morgan fingerprint density at radius 2 is 2.23 bits per heavy atom. The Morgan fingerprint density at radius 1 is 1.50 bits per heavy atom. The summed E-state index contributed by atoms with van der Waals surface area (Å²) in [6, 6.07) is 6.94. The molecule has 1 aromatic carbocycles. The highest BCUT2D eigenvalue weighted by atomic mass is 35.5. The minimum atomic E-state index is -1.09. The SMILES string of the molecule is CCC(NC(=O)O)c1cc2cccc(Cl)c2c(=O)n1C1CC1. The van der Waals surface area contributed by atoms with Crippen LogP contribution in [0.2, 0.25) is 5.02 Å². The Bertz CT molecular complexity index is 796. The van der Waals surface area contributed by atoms with Crippen molar-refractivity contribution in [3.05, 3.63) is 45.3 Å². The number of rotatable bonds is 4. The van der Waals surface area contributed by atoms with E-state index < -0.39 is 12.1 Å². The predicted molar refractivity (Wildman–Crippen MR) is 85.7 cm³/mol. The molecule has 6 heteroatoms. The topological polar surface area (TPSA) is 71.3 Å². The normalized spacial score (nSPS) is 15.7. The lowest BCUT2D eigenvalue weighted by molar-refractivity contribution is 0.189. The molecule has 1 heterocycles. The summed E-state index contributed by atoms with van der Waals surface area (Å²) < 4.78 is 1.72. The Morgan fingerprint density at radius 3 is 2.82 bits per heavy atom. The fraction of sp³-hybridized carbons (Fsp3) is 0.375. The standard InChI is InChI=1S/C16H17ClN2O3/c1-2-12(18-16(21)22)13-8-9-4-3-5-11(17)14(9)15(20)19(13)10-6-7-10/h3-5,8,10,12,18H,2,6-7H2,1H3,(H,21,22). The number of pyridine rings is 1. The molecule has 1 saturated carbocycles. The van der Waals surface area contributed by atoms with Crippen LogP contribution in [0.25, 0.3) is 10.8 Å². The van der Waals surface area contributed by atoms with Gasteiger partial charge in [0.1, 0.15) is 0 Å². The number of hydrogen-bond donors (Lipinski definition) is 2. The van der Waals surface area contributed by atoms with Crippen LogP contribution < -0.4 is 10.9 Å². The zero-order valence-electron chi connectivity index (χ0n) is 12.2. The molecule has 1 fully saturated rings. The third-order valence-electron chi connectivity index (χ3n) is 4.04. The molecule has 0 spiro atoms. The van der Waals surface area contributed by atoms with Crippen molar-refractivity contribution in [2.24, 2.45) is 0 Å². The molecule has 0 saturated heterocycles. The van der Waals surface area contributed by atoms with Crippen molar-refractivity contribution < 1.29 is 9.90 Å². The number of halogens is 1. The van der Waals surface area contributed by atoms with E-state index >= 15 is 0 Å². The molecule has 1 aliphatic carbocycles. The van der Waals surface area contributed by atoms with Gasteiger partial charge < -0.3 is 15.0 Å². The Hall–Kier alpha value is -2.01. The first kappa shape index (κ1) is 14.9. The van der Waals surface area contributed by atoms with Gasteiger partial charge in [-0.2, -0.15) is 0 Å². The van der Waals surface area contributed by atoms with Crippen molar-refractivity contribution >= 4 is 28.5 Å². The average molecular weight is 321 g/mol. The quantitative estimate of drug-likeness (QED) is 0.902. The third kappa shape index (κ3) is 2.57. The molecule has 22 heavy (non-hydrogen) atoms. The fourth-order valence-corrected chi connectivity index (χ4v) is 3.13. The van der Waals surface area contributed by atoms with E-state index in [-0.39, 0.29) is 11.6 Å². The maximum absolute atomic E-state index is 12.9. The molecule has 1 aromatic heterocycles. The van der Waals surface area contributed by atoms with Crippen molar-refractivity contribution in [3.63, 3.8) is 0 Å². The summed E-state index contributed by atoms with van der Waals surface area (Å²) in [5.74, 6) is 0. The minimum absolute atomic E-state index is 0.133. The average Bonchev–Trinajstić information content (AvgIpc) is 3.28. The fourth-order valence-electron chi connectivity index (χ4n) is 2.87. The number of hydrogen-bond acceptors (Lipinski definition) is 2. The summed E-state index contributed by atoms with van der Waals surface area (Å²) in [6.45, 7) is 1.89. The van der Waals surface area contributed by atoms with Gasteiger partial charge in [0.2, 0.25) is 0 Å². The number of nitrogens with zero attached hydrogens (tertiary/aromatic N) is 1. The van der Waals surface area contributed by atoms with Gasteiger partial charge in [0.25, 0.3) is 5.56 Å². The smallest absolute Gasteiger partial charge is 0.405 e. The second-order valence-electron chi connectivity index (χ2n) is 5.59. The number of amides is 1. The van der Waals surface area contributed by atoms with Gasteiger partial charge in [0, 0.05) is 11.7 Å². The molecule has 0 radical (unpaired) electrons. The molecule has 2 aromatic rings. The van der Waals surface area contributed by atoms with Crippen LogP contribution in [0.3, 0.4) is 0 Å². The van der Waals surface area contributed by atoms with Crippen LogP contribution in [-0.4, -0.2) is 15.8 Å². The molecule has 0 aliphatic heterocycles. The number of carbonyl (C=O) groups is 1. The van der Waals surface area contributed by atoms with Gasteiger partial charge in [-0.15, -0.1) is 0 Å². The van der Waals surface area contributed by atoms with E-state index in [4.69, 9.17) is 16.7 Å². The Labute approximate surface area is 132 Å². The molecule has 0 bridgehead atoms. The summed E-state index contributed by atoms with van der Waals surface area (Å²) in [4.78, 5) is 23.9. The number of benzene rings is 1. The summed E-state index contributed by atoms with van der Waals surface area (Å²) in [6.07, 6.45) is 1.36. The van der Waals surface area contributed by atoms with Gasteiger partial charge in [0.15, 0.2) is 0 Å². The number of nitrogens with one attached hydrogen (secondary N) is 1. The maximum atomic E-state index is 12.9. The zero-order chi connectivity index (χ0) is 15.9. The molecule has 1 amide bonds. The van der Waals surface area contributed by atoms with Crippen molar-refractivity contribution in [3.8, 4) is 0 Å². The van der Waals surface area contributed by atoms with Crippen molar-refractivity contribution in [2.75, 3.05) is 0 Å². The number of aromatic nitrogens is 1. The van der Waals surface area contributed by atoms with E-state index in [0.717, 1.165) is 18.2 Å². The lowest BCUT2D eigenvalue weighted by atomic mass is 10.1. The van der Waals surface area contributed by atoms with Crippen LogP contribution in [0.1, 0.15) is 44.0 Å². The molecule has 1 atom stereocenters. The summed E-state index contributed by atoms with van der Waals surface area (Å²) in [5, 5.41) is 13.2. The van der Waals surface area contributed by atoms with E-state index in [1.54, 1.807) is 16.7 Å². The zero-order valence-corrected chi connectivity index (χ0v) is 12.9. The van der Waals surface area contributed by atoms with Crippen molar-refractivity contribution in [1.82, 2.24) is 9.88 Å². The summed E-state index contributed by atoms with van der Waals surface area (Å²) in [7, 11) is 0. The van der Waals surface area contributed by atoms with Gasteiger partial charge >= 0.3 is 6.09 Å². The summed E-state index contributed by atoms with van der Waals surface area (Å²) >= 11 is 6.19. The molecular weight excluding hydrogens is 304 g/mol. The first-order chi connectivity index (χ1) is 10.5. The second-order valence-corrected chi connectivity index (χ2v) is 6.00. The monoisotopic (exact) mass is 320 g/mol. The Kier molecular flexibility index (Phi) is 3.83. The summed E-state index contributed by atoms with van der Waals surface area (Å²) in [5.41, 5.74) is 0.582. The second kappa shape index (κ2) is 5.65. The van der Waals surface area contributed by atoms with Gasteiger partial charge in [0.05, 0.1) is 16.5 Å². The van der Waals surface area contributed by atoms with Gasteiger partial charge in [-0.1, -0.05) is 30.7 Å². The van der Waals surface area contributed by atoms with Crippen LogP contribution in [0.5, 0.6) is 0 Å². The van der Waals surface area contributed by atoms with Crippen LogP contribution in [0.4, 0.5) is 4.79 Å². The van der Waals surface area contributed by atoms with Gasteiger partial charge in [-0.3, -0.25) is 4.79 Å². The first-order valence-electron chi connectivity index (χ1n) is 7.36. The molecular formula is C16H17ClN2O3. The van der Waals surface area contributed by atoms with Crippen molar-refractivity contribution in [1.29, 1.82) is 0 Å². The lowest BCUT2D eigenvalue weighted by Gasteiger charge is -2.21. The van der Waals surface area contributed by atoms with Crippen LogP contribution in [0, 0.1) is 0 Å². The molecule has 1 unspecified atom stereocenters. The van der Waals surface area contributed by atoms with Gasteiger partial charge in [-0.05, 0) is 36.8 Å². The van der Waals surface area contributed by atoms with E-state index in [2.05, 4.69) is 5.32 Å².